The first-order valence-corrected chi connectivity index (χ1v) is 27.2. The van der Waals surface area contributed by atoms with Gasteiger partial charge in [0.2, 0.25) is 0 Å². The van der Waals surface area contributed by atoms with Crippen molar-refractivity contribution in [2.45, 2.75) is 245 Å². The van der Waals surface area contributed by atoms with E-state index < -0.39 is 19.9 Å². The lowest BCUT2D eigenvalue weighted by Crippen LogP contribution is -2.37. The van der Waals surface area contributed by atoms with E-state index in [0.717, 1.165) is 32.1 Å². The molecule has 0 saturated heterocycles. The highest BCUT2D eigenvalue weighted by molar-refractivity contribution is 7.45. The van der Waals surface area contributed by atoms with Gasteiger partial charge in [-0.3, -0.25) is 9.36 Å². The Kier molecular flexibility index (Phi) is 44.1. The number of phosphoric acid groups is 1. The van der Waals surface area contributed by atoms with Crippen molar-refractivity contribution in [3.8, 4) is 0 Å². The fraction of sp³-hybridized carbons (Fsp3) is 0.865. The predicted molar refractivity (Wildman–Crippen MR) is 259 cm³/mol. The van der Waals surface area contributed by atoms with Crippen LogP contribution in [0.25, 0.3) is 0 Å². The maximum absolute atomic E-state index is 12.7. The molecule has 1 unspecified atom stereocenters. The smallest absolute Gasteiger partial charge is 0.306 e. The number of quaternary nitrogens is 1. The number of nitrogens with zero attached hydrogens (tertiary/aromatic N) is 1. The first kappa shape index (κ1) is 59.6. The van der Waals surface area contributed by atoms with Gasteiger partial charge >= 0.3 is 5.97 Å². The van der Waals surface area contributed by atoms with Gasteiger partial charge in [-0.15, -0.1) is 0 Å². The lowest BCUT2D eigenvalue weighted by molar-refractivity contribution is -0.870. The molecule has 0 rings (SSSR count). The molecule has 0 aromatic heterocycles. The summed E-state index contributed by atoms with van der Waals surface area (Å²) in [7, 11) is 1.31. The van der Waals surface area contributed by atoms with Crippen LogP contribution in [0.15, 0.2) is 36.6 Å². The summed E-state index contributed by atoms with van der Waals surface area (Å²) in [5.41, 5.74) is 0. The molecule has 0 spiro atoms. The molecule has 0 saturated carbocycles. The second-order valence-electron chi connectivity index (χ2n) is 18.6. The third kappa shape index (κ3) is 49.4. The summed E-state index contributed by atoms with van der Waals surface area (Å²) < 4.78 is 34.4. The Bertz CT molecular complexity index is 1070. The van der Waals surface area contributed by atoms with E-state index in [9.17, 15) is 14.3 Å². The molecule has 0 aromatic rings. The molecule has 0 amide bonds. The molecule has 0 heterocycles. The van der Waals surface area contributed by atoms with Crippen LogP contribution in [0.4, 0.5) is 0 Å². The van der Waals surface area contributed by atoms with Gasteiger partial charge < -0.3 is 27.9 Å². The minimum Gasteiger partial charge on any atom is -0.756 e. The zero-order valence-corrected chi connectivity index (χ0v) is 41.8. The van der Waals surface area contributed by atoms with Crippen molar-refractivity contribution in [2.24, 2.45) is 0 Å². The SMILES string of the molecule is CCCCCCCCCCCCCCCC/C=C/CC/C=C/CCCC(=O)O[C@H](CO/C=C/CCCCCCCCCCCCCCCC)COP(=O)([O-])OCC[N+](C)(C)C. The second-order valence-corrected chi connectivity index (χ2v) is 20.0. The van der Waals surface area contributed by atoms with Crippen LogP contribution in [0.2, 0.25) is 0 Å². The van der Waals surface area contributed by atoms with E-state index in [1.807, 2.05) is 27.2 Å². The molecule has 0 radical (unpaired) electrons. The van der Waals surface area contributed by atoms with Crippen molar-refractivity contribution >= 4 is 13.8 Å². The Hall–Kier alpha value is -1.44. The average Bonchev–Trinajstić information content (AvgIpc) is 3.22. The number of phosphoric ester groups is 1. The lowest BCUT2D eigenvalue weighted by Gasteiger charge is -2.28. The summed E-state index contributed by atoms with van der Waals surface area (Å²) in [6, 6.07) is 0. The molecule has 0 aromatic carbocycles. The molecule has 360 valence electrons. The second kappa shape index (κ2) is 45.1. The monoisotopic (exact) mass is 882 g/mol. The van der Waals surface area contributed by atoms with E-state index >= 15 is 0 Å². The number of ether oxygens (including phenoxy) is 2. The van der Waals surface area contributed by atoms with Gasteiger partial charge in [-0.1, -0.05) is 205 Å². The van der Waals surface area contributed by atoms with Gasteiger partial charge in [0.1, 0.15) is 19.8 Å². The molecule has 9 heteroatoms. The molecule has 61 heavy (non-hydrogen) atoms. The predicted octanol–water partition coefficient (Wildman–Crippen LogP) is 15.4. The van der Waals surface area contributed by atoms with Crippen LogP contribution in [-0.4, -0.2) is 64.1 Å². The van der Waals surface area contributed by atoms with E-state index in [1.165, 1.54) is 180 Å². The quantitative estimate of drug-likeness (QED) is 0.0150. The lowest BCUT2D eigenvalue weighted by atomic mass is 10.0. The Balaban J connectivity index is 4.21. The number of allylic oxidation sites excluding steroid dienone is 5. The Morgan fingerprint density at radius 2 is 0.885 bits per heavy atom. The minimum absolute atomic E-state index is 0.00663. The van der Waals surface area contributed by atoms with E-state index in [0.29, 0.717) is 17.4 Å². The fourth-order valence-electron chi connectivity index (χ4n) is 7.24. The summed E-state index contributed by atoms with van der Waals surface area (Å²) in [6.45, 7) is 4.73. The third-order valence-corrected chi connectivity index (χ3v) is 12.2. The van der Waals surface area contributed by atoms with Crippen molar-refractivity contribution in [1.82, 2.24) is 0 Å². The van der Waals surface area contributed by atoms with Crippen molar-refractivity contribution in [2.75, 3.05) is 47.5 Å². The molecule has 2 atom stereocenters. The molecule has 8 nitrogen and oxygen atoms in total. The van der Waals surface area contributed by atoms with Gasteiger partial charge in [0, 0.05) is 6.42 Å². The normalized spacial score (nSPS) is 13.8. The molecule has 0 N–H and O–H groups in total. The van der Waals surface area contributed by atoms with Gasteiger partial charge in [0.25, 0.3) is 7.82 Å². The maximum atomic E-state index is 12.7. The van der Waals surface area contributed by atoms with E-state index in [1.54, 1.807) is 6.26 Å². The van der Waals surface area contributed by atoms with E-state index in [-0.39, 0.29) is 26.2 Å². The number of carbonyl (C=O) groups is 1. The highest BCUT2D eigenvalue weighted by Crippen LogP contribution is 2.38. The largest absolute Gasteiger partial charge is 0.756 e. The number of hydrogen-bond donors (Lipinski definition) is 0. The fourth-order valence-corrected chi connectivity index (χ4v) is 7.97. The van der Waals surface area contributed by atoms with Gasteiger partial charge in [0.05, 0.1) is 34.0 Å². The molecular formula is C52H100NO7P. The number of carbonyl (C=O) groups excluding carboxylic acids is 1. The topological polar surface area (TPSA) is 94.1 Å². The molecule has 0 bridgehead atoms. The van der Waals surface area contributed by atoms with Gasteiger partial charge in [-0.05, 0) is 57.4 Å². The first-order chi connectivity index (χ1) is 29.6. The van der Waals surface area contributed by atoms with Crippen LogP contribution >= 0.6 is 7.82 Å². The average molecular weight is 882 g/mol. The summed E-state index contributed by atoms with van der Waals surface area (Å²) in [6.07, 6.45) is 55.6. The zero-order chi connectivity index (χ0) is 44.8. The highest BCUT2D eigenvalue weighted by Gasteiger charge is 2.20. The summed E-state index contributed by atoms with van der Waals surface area (Å²) in [5, 5.41) is 0. The summed E-state index contributed by atoms with van der Waals surface area (Å²) in [4.78, 5) is 25.1. The Morgan fingerprint density at radius 3 is 1.31 bits per heavy atom. The molecule has 0 aliphatic rings. The number of likely N-dealkylation sites (N-methyl/N-ethyl adjacent to an activating group) is 1. The Labute approximate surface area is 378 Å². The molecule has 0 fully saturated rings. The number of esters is 1. The molecule has 0 aliphatic heterocycles. The zero-order valence-electron chi connectivity index (χ0n) is 40.9. The minimum atomic E-state index is -4.55. The number of hydrogen-bond acceptors (Lipinski definition) is 7. The van der Waals surface area contributed by atoms with Gasteiger partial charge in [-0.2, -0.15) is 0 Å². The molecular weight excluding hydrogens is 782 g/mol. The van der Waals surface area contributed by atoms with Crippen molar-refractivity contribution in [3.05, 3.63) is 36.6 Å². The summed E-state index contributed by atoms with van der Waals surface area (Å²) >= 11 is 0. The van der Waals surface area contributed by atoms with Crippen LogP contribution in [0.1, 0.15) is 239 Å². The standard InChI is InChI=1S/C52H100NO7P/c1-6-8-10-12-14-16-18-20-22-24-25-26-27-28-29-30-31-33-35-37-39-41-43-45-52(54)60-51(50-59-61(55,56)58-48-46-53(3,4)5)49-57-47-44-42-40-38-36-34-32-23-21-19-17-15-13-11-9-7-2/h30-31,37,39,44,47,51H,6-29,32-36,38,40-43,45-46,48-50H2,1-5H3/b31-30+,39-37+,47-44+/t51-/m1/s1. The van der Waals surface area contributed by atoms with Crippen LogP contribution in [-0.2, 0) is 27.9 Å². The van der Waals surface area contributed by atoms with Crippen LogP contribution in [0, 0.1) is 0 Å². The van der Waals surface area contributed by atoms with Crippen molar-refractivity contribution < 1.29 is 37.3 Å². The molecule has 0 aliphatic carbocycles. The highest BCUT2D eigenvalue weighted by atomic mass is 31.2. The third-order valence-electron chi connectivity index (χ3n) is 11.2. The van der Waals surface area contributed by atoms with Crippen molar-refractivity contribution in [3.63, 3.8) is 0 Å². The van der Waals surface area contributed by atoms with Gasteiger partial charge in [0.15, 0.2) is 6.10 Å². The number of rotatable bonds is 48. The van der Waals surface area contributed by atoms with Crippen molar-refractivity contribution in [1.29, 1.82) is 0 Å². The summed E-state index contributed by atoms with van der Waals surface area (Å²) in [5.74, 6) is -0.393. The van der Waals surface area contributed by atoms with Crippen LogP contribution < -0.4 is 4.89 Å². The van der Waals surface area contributed by atoms with E-state index in [2.05, 4.69) is 38.2 Å². The van der Waals surface area contributed by atoms with Gasteiger partial charge in [-0.25, -0.2) is 0 Å². The number of unbranched alkanes of at least 4 members (excludes halogenated alkanes) is 30. The maximum Gasteiger partial charge on any atom is 0.306 e. The van der Waals surface area contributed by atoms with Crippen LogP contribution in [0.3, 0.4) is 0 Å². The first-order valence-electron chi connectivity index (χ1n) is 25.8. The van der Waals surface area contributed by atoms with Crippen LogP contribution in [0.5, 0.6) is 0 Å². The Morgan fingerprint density at radius 1 is 0.508 bits per heavy atom. The van der Waals surface area contributed by atoms with E-state index in [4.69, 9.17) is 18.5 Å².